The highest BCUT2D eigenvalue weighted by Gasteiger charge is 2.17. The lowest BCUT2D eigenvalue weighted by atomic mass is 10.2. The Morgan fingerprint density at radius 3 is 1.96 bits per heavy atom. The molecular weight excluding hydrogens is 370 g/mol. The average molecular weight is 392 g/mol. The van der Waals surface area contributed by atoms with Crippen LogP contribution >= 0.6 is 11.6 Å². The van der Waals surface area contributed by atoms with Gasteiger partial charge in [-0.1, -0.05) is 35.9 Å². The molecule has 2 heterocycles. The molecule has 0 radical (unpaired) electrons. The minimum Gasteiger partial charge on any atom is -0.473 e. The van der Waals surface area contributed by atoms with Gasteiger partial charge in [-0.05, 0) is 23.8 Å². The van der Waals surface area contributed by atoms with E-state index in [0.717, 1.165) is 50.0 Å². The Bertz CT molecular complexity index is 738. The van der Waals surface area contributed by atoms with Crippen molar-refractivity contribution in [2.45, 2.75) is 13.1 Å². The van der Waals surface area contributed by atoms with Crippen LogP contribution in [-0.4, -0.2) is 63.1 Å². The van der Waals surface area contributed by atoms with E-state index in [0.29, 0.717) is 0 Å². The first-order valence-corrected chi connectivity index (χ1v) is 8.87. The summed E-state index contributed by atoms with van der Waals surface area (Å²) in [5.41, 5.74) is 2.37. The van der Waals surface area contributed by atoms with Gasteiger partial charge in [0.1, 0.15) is 0 Å². The number of rotatable bonds is 4. The molecule has 0 unspecified atom stereocenters. The number of halogens is 1. The summed E-state index contributed by atoms with van der Waals surface area (Å²) in [7, 11) is 0. The molecule has 7 nitrogen and oxygen atoms in total. The van der Waals surface area contributed by atoms with Crippen LogP contribution in [0.15, 0.2) is 48.7 Å². The summed E-state index contributed by atoms with van der Waals surface area (Å²) in [4.78, 5) is 27.5. The Morgan fingerprint density at radius 1 is 0.889 bits per heavy atom. The summed E-state index contributed by atoms with van der Waals surface area (Å²) in [5.74, 6) is -3.65. The molecule has 2 N–H and O–H groups in total. The van der Waals surface area contributed by atoms with E-state index in [9.17, 15) is 0 Å². The second-order valence-electron chi connectivity index (χ2n) is 6.08. The van der Waals surface area contributed by atoms with E-state index in [-0.39, 0.29) is 0 Å². The highest BCUT2D eigenvalue weighted by Crippen LogP contribution is 2.18. The van der Waals surface area contributed by atoms with Gasteiger partial charge in [-0.25, -0.2) is 9.59 Å². The van der Waals surface area contributed by atoms with Crippen LogP contribution in [0.4, 0.5) is 0 Å². The van der Waals surface area contributed by atoms with Crippen LogP contribution in [-0.2, 0) is 22.7 Å². The number of piperazine rings is 1. The monoisotopic (exact) mass is 391 g/mol. The van der Waals surface area contributed by atoms with Gasteiger partial charge in [-0.3, -0.25) is 14.8 Å². The Morgan fingerprint density at radius 2 is 1.44 bits per heavy atom. The molecule has 1 fully saturated rings. The van der Waals surface area contributed by atoms with Gasteiger partial charge in [0.25, 0.3) is 0 Å². The molecule has 0 amide bonds. The second kappa shape index (κ2) is 10.6. The van der Waals surface area contributed by atoms with Gasteiger partial charge in [-0.15, -0.1) is 0 Å². The van der Waals surface area contributed by atoms with Crippen molar-refractivity contribution >= 4 is 23.5 Å². The van der Waals surface area contributed by atoms with Gasteiger partial charge in [0.15, 0.2) is 0 Å². The van der Waals surface area contributed by atoms with Crippen molar-refractivity contribution in [3.8, 4) is 0 Å². The zero-order chi connectivity index (χ0) is 19.6. The Balaban J connectivity index is 0.000000380. The minimum absolute atomic E-state index is 0.869. The summed E-state index contributed by atoms with van der Waals surface area (Å²) in [5, 5.41) is 15.7. The number of pyridine rings is 1. The predicted molar refractivity (Wildman–Crippen MR) is 102 cm³/mol. The largest absolute Gasteiger partial charge is 0.473 e. The van der Waals surface area contributed by atoms with Gasteiger partial charge in [0, 0.05) is 50.5 Å². The van der Waals surface area contributed by atoms with E-state index < -0.39 is 11.9 Å². The van der Waals surface area contributed by atoms with Crippen molar-refractivity contribution in [2.24, 2.45) is 0 Å². The molecule has 0 aliphatic carbocycles. The molecule has 1 aliphatic rings. The van der Waals surface area contributed by atoms with Gasteiger partial charge >= 0.3 is 11.9 Å². The van der Waals surface area contributed by atoms with Crippen LogP contribution in [0.5, 0.6) is 0 Å². The fourth-order valence-electron chi connectivity index (χ4n) is 2.69. The van der Waals surface area contributed by atoms with Crippen molar-refractivity contribution in [2.75, 3.05) is 26.2 Å². The van der Waals surface area contributed by atoms with Crippen LogP contribution in [0.25, 0.3) is 0 Å². The molecule has 2 aromatic rings. The predicted octanol–water partition coefficient (Wildman–Crippen LogP) is 2.21. The minimum atomic E-state index is -1.82. The number of carboxylic acid groups (broad SMARTS) is 2. The van der Waals surface area contributed by atoms with Gasteiger partial charge in [0.05, 0.1) is 5.69 Å². The molecule has 27 heavy (non-hydrogen) atoms. The van der Waals surface area contributed by atoms with E-state index in [1.54, 1.807) is 0 Å². The summed E-state index contributed by atoms with van der Waals surface area (Å²) in [6.07, 6.45) is 1.86. The number of hydrogen-bond donors (Lipinski definition) is 2. The maximum absolute atomic E-state index is 9.10. The maximum atomic E-state index is 9.10. The number of aliphatic carboxylic acids is 2. The van der Waals surface area contributed by atoms with Crippen molar-refractivity contribution in [3.63, 3.8) is 0 Å². The van der Waals surface area contributed by atoms with Crippen LogP contribution in [0.2, 0.25) is 5.02 Å². The van der Waals surface area contributed by atoms with Crippen LogP contribution < -0.4 is 0 Å². The van der Waals surface area contributed by atoms with Gasteiger partial charge < -0.3 is 10.2 Å². The molecule has 1 aliphatic heterocycles. The number of benzene rings is 1. The number of carbonyl (C=O) groups is 2. The van der Waals surface area contributed by atoms with E-state index in [2.05, 4.69) is 39.0 Å². The van der Waals surface area contributed by atoms with Crippen molar-refractivity contribution in [1.82, 2.24) is 14.8 Å². The molecule has 1 aromatic heterocycles. The molecule has 3 rings (SSSR count). The zero-order valence-electron chi connectivity index (χ0n) is 14.8. The first-order valence-electron chi connectivity index (χ1n) is 8.50. The molecule has 0 atom stereocenters. The number of carboxylic acids is 2. The normalized spacial score (nSPS) is 14.9. The van der Waals surface area contributed by atoms with Gasteiger partial charge in [-0.2, -0.15) is 0 Å². The average Bonchev–Trinajstić information content (AvgIpc) is 2.66. The highest BCUT2D eigenvalue weighted by atomic mass is 35.5. The molecule has 144 valence electrons. The van der Waals surface area contributed by atoms with Crippen LogP contribution in [0, 0.1) is 0 Å². The third-order valence-corrected chi connectivity index (χ3v) is 4.48. The van der Waals surface area contributed by atoms with E-state index in [1.807, 2.05) is 24.4 Å². The molecule has 1 saturated heterocycles. The third-order valence-electron chi connectivity index (χ3n) is 4.11. The summed E-state index contributed by atoms with van der Waals surface area (Å²) >= 11 is 6.23. The first kappa shape index (κ1) is 20.8. The number of aromatic nitrogens is 1. The second-order valence-corrected chi connectivity index (χ2v) is 6.48. The quantitative estimate of drug-likeness (QED) is 0.771. The molecule has 0 spiro atoms. The molecule has 0 bridgehead atoms. The molecule has 8 heteroatoms. The maximum Gasteiger partial charge on any atom is 0.414 e. The van der Waals surface area contributed by atoms with E-state index >= 15 is 0 Å². The first-order chi connectivity index (χ1) is 13.0. The lowest BCUT2D eigenvalue weighted by Gasteiger charge is -2.34. The summed E-state index contributed by atoms with van der Waals surface area (Å²) in [6, 6.07) is 14.2. The summed E-state index contributed by atoms with van der Waals surface area (Å²) in [6.45, 7) is 6.22. The fourth-order valence-corrected chi connectivity index (χ4v) is 2.89. The standard InChI is InChI=1S/C17H20ClN3.C2H2O4/c18-17-7-2-1-5-15(17)13-20-9-11-21(12-10-20)14-16-6-3-4-8-19-16;3-1(4)2(5)6/h1-8H,9-14H2;(H,3,4)(H,5,6). The highest BCUT2D eigenvalue weighted by molar-refractivity contribution is 6.31. The Labute approximate surface area is 162 Å². The van der Waals surface area contributed by atoms with Crippen molar-refractivity contribution in [1.29, 1.82) is 0 Å². The number of nitrogens with zero attached hydrogens (tertiary/aromatic N) is 3. The summed E-state index contributed by atoms with van der Waals surface area (Å²) < 4.78 is 0. The van der Waals surface area contributed by atoms with Crippen molar-refractivity contribution < 1.29 is 19.8 Å². The van der Waals surface area contributed by atoms with E-state index in [1.165, 1.54) is 5.56 Å². The van der Waals surface area contributed by atoms with Crippen LogP contribution in [0.3, 0.4) is 0 Å². The zero-order valence-corrected chi connectivity index (χ0v) is 15.5. The molecular formula is C19H22ClN3O4. The van der Waals surface area contributed by atoms with Crippen molar-refractivity contribution in [3.05, 3.63) is 64.9 Å². The third kappa shape index (κ3) is 7.34. The lowest BCUT2D eigenvalue weighted by molar-refractivity contribution is -0.159. The van der Waals surface area contributed by atoms with E-state index in [4.69, 9.17) is 31.4 Å². The Kier molecular flexibility index (Phi) is 8.19. The lowest BCUT2D eigenvalue weighted by Crippen LogP contribution is -2.45. The fraction of sp³-hybridized carbons (Fsp3) is 0.316. The van der Waals surface area contributed by atoms with Crippen LogP contribution in [0.1, 0.15) is 11.3 Å². The topological polar surface area (TPSA) is 94.0 Å². The number of hydrogen-bond acceptors (Lipinski definition) is 5. The molecule has 1 aromatic carbocycles. The SMILES string of the molecule is Clc1ccccc1CN1CCN(Cc2ccccn2)CC1.O=C(O)C(=O)O. The van der Waals surface area contributed by atoms with Gasteiger partial charge in [0.2, 0.25) is 0 Å². The molecule has 0 saturated carbocycles. The smallest absolute Gasteiger partial charge is 0.414 e. The Hall–Kier alpha value is -2.48.